The molecular formula is C20H19BrN4O2S2. The number of hydrogen-bond donors (Lipinski definition) is 2. The van der Waals surface area contributed by atoms with E-state index in [1.54, 1.807) is 30.0 Å². The topological polar surface area (TPSA) is 84.0 Å². The van der Waals surface area contributed by atoms with E-state index in [0.29, 0.717) is 22.1 Å². The molecule has 0 spiro atoms. The third kappa shape index (κ3) is 5.88. The fraction of sp³-hybridized carbons (Fsp3) is 0.200. The van der Waals surface area contributed by atoms with E-state index in [1.165, 1.54) is 11.5 Å². The summed E-state index contributed by atoms with van der Waals surface area (Å²) >= 11 is 6.30. The van der Waals surface area contributed by atoms with Crippen LogP contribution in [0.4, 0.5) is 5.69 Å². The number of hydrogen-bond acceptors (Lipinski definition) is 6. The van der Waals surface area contributed by atoms with Crippen molar-refractivity contribution in [2.45, 2.75) is 12.5 Å². The lowest BCUT2D eigenvalue weighted by Crippen LogP contribution is -2.44. The van der Waals surface area contributed by atoms with Crippen molar-refractivity contribution in [1.82, 2.24) is 14.9 Å². The molecule has 0 aliphatic carbocycles. The van der Waals surface area contributed by atoms with Crippen LogP contribution in [0.25, 0.3) is 11.3 Å². The number of nitrogens with zero attached hydrogens (tertiary/aromatic N) is 2. The molecule has 3 rings (SSSR count). The maximum absolute atomic E-state index is 12.8. The Labute approximate surface area is 185 Å². The molecule has 0 aliphatic rings. The third-order valence-electron chi connectivity index (χ3n) is 4.16. The second-order valence-electron chi connectivity index (χ2n) is 6.14. The summed E-state index contributed by atoms with van der Waals surface area (Å²) in [5.74, 6) is 0.219. The van der Waals surface area contributed by atoms with Gasteiger partial charge in [-0.3, -0.25) is 9.59 Å². The van der Waals surface area contributed by atoms with Crippen LogP contribution in [0.5, 0.6) is 0 Å². The predicted molar refractivity (Wildman–Crippen MR) is 122 cm³/mol. The van der Waals surface area contributed by atoms with Crippen LogP contribution in [-0.4, -0.2) is 39.5 Å². The van der Waals surface area contributed by atoms with E-state index >= 15 is 0 Å². The van der Waals surface area contributed by atoms with E-state index in [2.05, 4.69) is 36.2 Å². The molecule has 1 heterocycles. The van der Waals surface area contributed by atoms with E-state index in [4.69, 9.17) is 0 Å². The molecular weight excluding hydrogens is 472 g/mol. The molecule has 2 aromatic carbocycles. The molecule has 150 valence electrons. The Morgan fingerprint density at radius 1 is 1.17 bits per heavy atom. The Bertz CT molecular complexity index is 965. The van der Waals surface area contributed by atoms with Crippen molar-refractivity contribution in [3.05, 3.63) is 63.9 Å². The zero-order chi connectivity index (χ0) is 20.6. The average Bonchev–Trinajstić information content (AvgIpc) is 3.26. The van der Waals surface area contributed by atoms with Gasteiger partial charge in [0.25, 0.3) is 5.91 Å². The smallest absolute Gasteiger partial charge is 0.253 e. The van der Waals surface area contributed by atoms with Gasteiger partial charge in [-0.1, -0.05) is 28.8 Å². The van der Waals surface area contributed by atoms with Crippen molar-refractivity contribution in [2.75, 3.05) is 17.3 Å². The summed E-state index contributed by atoms with van der Waals surface area (Å²) in [5, 5.41) is 11.6. The standard InChI is InChI=1S/C20H19BrN4O2S2/c1-28-11-10-17(23-19(26)15-4-2-3-5-16(15)21)20(27)22-14-8-6-13(7-9-14)18-12-29-25-24-18/h2-9,12,17H,10-11H2,1H3,(H,22,27)(H,23,26). The number of carbonyl (C=O) groups excluding carboxylic acids is 2. The Balaban J connectivity index is 1.68. The van der Waals surface area contributed by atoms with Crippen molar-refractivity contribution in [2.24, 2.45) is 0 Å². The summed E-state index contributed by atoms with van der Waals surface area (Å²) in [6.45, 7) is 0. The monoisotopic (exact) mass is 490 g/mol. The summed E-state index contributed by atoms with van der Waals surface area (Å²) in [6.07, 6.45) is 2.50. The highest BCUT2D eigenvalue weighted by molar-refractivity contribution is 9.10. The van der Waals surface area contributed by atoms with E-state index in [-0.39, 0.29) is 11.8 Å². The summed E-state index contributed by atoms with van der Waals surface area (Å²) in [6, 6.07) is 13.9. The van der Waals surface area contributed by atoms with Gasteiger partial charge in [-0.25, -0.2) is 0 Å². The van der Waals surface area contributed by atoms with E-state index in [1.807, 2.05) is 42.0 Å². The Morgan fingerprint density at radius 3 is 2.59 bits per heavy atom. The second kappa shape index (κ2) is 10.5. The molecule has 2 amide bonds. The van der Waals surface area contributed by atoms with Gasteiger partial charge in [0.2, 0.25) is 5.91 Å². The molecule has 2 N–H and O–H groups in total. The van der Waals surface area contributed by atoms with Gasteiger partial charge in [-0.2, -0.15) is 11.8 Å². The largest absolute Gasteiger partial charge is 0.340 e. The molecule has 0 aliphatic heterocycles. The van der Waals surface area contributed by atoms with E-state index in [9.17, 15) is 9.59 Å². The maximum Gasteiger partial charge on any atom is 0.253 e. The molecule has 0 radical (unpaired) electrons. The normalized spacial score (nSPS) is 11.7. The first-order valence-corrected chi connectivity index (χ1v) is 11.8. The zero-order valence-corrected chi connectivity index (χ0v) is 18.8. The molecule has 9 heteroatoms. The van der Waals surface area contributed by atoms with Gasteiger partial charge in [0.1, 0.15) is 11.7 Å². The highest BCUT2D eigenvalue weighted by Crippen LogP contribution is 2.21. The number of nitrogens with one attached hydrogen (secondary N) is 2. The third-order valence-corrected chi connectivity index (χ3v) is 6.00. The van der Waals surface area contributed by atoms with Gasteiger partial charge >= 0.3 is 0 Å². The SMILES string of the molecule is CSCCC(NC(=O)c1ccccc1Br)C(=O)Nc1ccc(-c2csnn2)cc1. The van der Waals surface area contributed by atoms with Crippen LogP contribution < -0.4 is 10.6 Å². The number of carbonyl (C=O) groups is 2. The molecule has 1 atom stereocenters. The molecule has 0 saturated heterocycles. The first-order chi connectivity index (χ1) is 14.1. The first kappa shape index (κ1) is 21.5. The minimum absolute atomic E-state index is 0.248. The minimum atomic E-state index is -0.635. The Hall–Kier alpha value is -2.23. The van der Waals surface area contributed by atoms with Crippen LogP contribution in [0, 0.1) is 0 Å². The number of benzene rings is 2. The lowest BCUT2D eigenvalue weighted by atomic mass is 10.1. The minimum Gasteiger partial charge on any atom is -0.340 e. The molecule has 1 aromatic heterocycles. The molecule has 29 heavy (non-hydrogen) atoms. The fourth-order valence-electron chi connectivity index (χ4n) is 2.63. The van der Waals surface area contributed by atoms with Crippen LogP contribution >= 0.6 is 39.2 Å². The number of rotatable bonds is 8. The Kier molecular flexibility index (Phi) is 7.79. The van der Waals surface area contributed by atoms with Crippen LogP contribution in [0.15, 0.2) is 58.4 Å². The summed E-state index contributed by atoms with van der Waals surface area (Å²) < 4.78 is 4.54. The highest BCUT2D eigenvalue weighted by Gasteiger charge is 2.22. The van der Waals surface area contributed by atoms with Crippen LogP contribution in [0.1, 0.15) is 16.8 Å². The number of halogens is 1. The van der Waals surface area contributed by atoms with Gasteiger partial charge in [0.05, 0.1) is 5.56 Å². The van der Waals surface area contributed by atoms with Crippen molar-refractivity contribution in [3.63, 3.8) is 0 Å². The lowest BCUT2D eigenvalue weighted by Gasteiger charge is -2.19. The van der Waals surface area contributed by atoms with Crippen molar-refractivity contribution in [1.29, 1.82) is 0 Å². The molecule has 1 unspecified atom stereocenters. The number of amides is 2. The second-order valence-corrected chi connectivity index (χ2v) is 8.59. The van der Waals surface area contributed by atoms with Gasteiger partial charge < -0.3 is 10.6 Å². The zero-order valence-electron chi connectivity index (χ0n) is 15.6. The first-order valence-electron chi connectivity index (χ1n) is 8.81. The highest BCUT2D eigenvalue weighted by atomic mass is 79.9. The molecule has 6 nitrogen and oxygen atoms in total. The van der Waals surface area contributed by atoms with E-state index in [0.717, 1.165) is 17.0 Å². The molecule has 3 aromatic rings. The molecule has 0 saturated carbocycles. The fourth-order valence-corrected chi connectivity index (χ4v) is 4.03. The van der Waals surface area contributed by atoms with Crippen molar-refractivity contribution >= 4 is 56.7 Å². The van der Waals surface area contributed by atoms with Gasteiger partial charge in [-0.05, 0) is 70.2 Å². The van der Waals surface area contributed by atoms with Crippen LogP contribution in [0.2, 0.25) is 0 Å². The maximum atomic E-state index is 12.8. The number of anilines is 1. The summed E-state index contributed by atoms with van der Waals surface area (Å²) in [7, 11) is 0. The van der Waals surface area contributed by atoms with Crippen molar-refractivity contribution < 1.29 is 9.59 Å². The van der Waals surface area contributed by atoms with E-state index < -0.39 is 6.04 Å². The Morgan fingerprint density at radius 2 is 1.93 bits per heavy atom. The quantitative estimate of drug-likeness (QED) is 0.486. The van der Waals surface area contributed by atoms with Gasteiger partial charge in [0, 0.05) is 21.1 Å². The summed E-state index contributed by atoms with van der Waals surface area (Å²) in [4.78, 5) is 25.4. The van der Waals surface area contributed by atoms with Crippen molar-refractivity contribution in [3.8, 4) is 11.3 Å². The number of aromatic nitrogens is 2. The van der Waals surface area contributed by atoms with Crippen LogP contribution in [0.3, 0.4) is 0 Å². The average molecular weight is 491 g/mol. The van der Waals surface area contributed by atoms with Gasteiger partial charge in [-0.15, -0.1) is 5.10 Å². The number of thioether (sulfide) groups is 1. The molecule has 0 bridgehead atoms. The lowest BCUT2D eigenvalue weighted by molar-refractivity contribution is -0.118. The molecule has 0 fully saturated rings. The van der Waals surface area contributed by atoms with Crippen LogP contribution in [-0.2, 0) is 4.79 Å². The summed E-state index contributed by atoms with van der Waals surface area (Å²) in [5.41, 5.74) is 2.88. The van der Waals surface area contributed by atoms with Gasteiger partial charge in [0.15, 0.2) is 0 Å². The predicted octanol–water partition coefficient (Wildman–Crippen LogP) is 4.46.